The van der Waals surface area contributed by atoms with Gasteiger partial charge in [0.15, 0.2) is 0 Å². The van der Waals surface area contributed by atoms with Crippen molar-refractivity contribution >= 4 is 34.2 Å². The van der Waals surface area contributed by atoms with E-state index in [1.54, 1.807) is 12.4 Å². The van der Waals surface area contributed by atoms with Gasteiger partial charge in [0.25, 0.3) is 5.91 Å². The number of carbonyl (C=O) groups is 1. The summed E-state index contributed by atoms with van der Waals surface area (Å²) in [6.07, 6.45) is 7.03. The number of hydrogen-bond donors (Lipinski definition) is 2. The van der Waals surface area contributed by atoms with Crippen LogP contribution in [0, 0.1) is 17.2 Å². The summed E-state index contributed by atoms with van der Waals surface area (Å²) in [5, 5.41) is 28.9. The lowest BCUT2D eigenvalue weighted by molar-refractivity contribution is -0.119. The highest BCUT2D eigenvalue weighted by atomic mass is 35.5. The maximum atomic E-state index is 13.3. The Bertz CT molecular complexity index is 1660. The number of aromatic nitrogens is 4. The van der Waals surface area contributed by atoms with Crippen LogP contribution in [0.2, 0.25) is 5.02 Å². The summed E-state index contributed by atoms with van der Waals surface area (Å²) in [7, 11) is 1.90. The number of pyridine rings is 1. The number of amides is 1. The van der Waals surface area contributed by atoms with Gasteiger partial charge in [-0.1, -0.05) is 24.4 Å². The molecule has 1 amide bonds. The van der Waals surface area contributed by atoms with Crippen LogP contribution in [0.25, 0.3) is 22.3 Å². The molecule has 2 aliphatic rings. The number of fused-ring (bicyclic) bond motifs is 2. The lowest BCUT2D eigenvalue weighted by Crippen LogP contribution is -2.33. The van der Waals surface area contributed by atoms with Crippen LogP contribution in [0.5, 0.6) is 0 Å². The van der Waals surface area contributed by atoms with Crippen LogP contribution in [0.15, 0.2) is 47.7 Å². The van der Waals surface area contributed by atoms with Crippen molar-refractivity contribution in [2.24, 2.45) is 18.0 Å². The fourth-order valence-electron chi connectivity index (χ4n) is 5.34. The maximum Gasteiger partial charge on any atom is 0.256 e. The molecule has 1 atom stereocenters. The molecule has 1 aromatic carbocycles. The Morgan fingerprint density at radius 3 is 2.85 bits per heavy atom. The fraction of sp³-hybridized carbons (Fsp3) is 0.345. The van der Waals surface area contributed by atoms with E-state index in [0.29, 0.717) is 47.5 Å². The van der Waals surface area contributed by atoms with E-state index in [9.17, 15) is 15.2 Å². The number of aliphatic hydroxyl groups is 1. The molecule has 4 heterocycles. The zero-order valence-electron chi connectivity index (χ0n) is 21.6. The Kier molecular flexibility index (Phi) is 6.67. The third-order valence-corrected chi connectivity index (χ3v) is 7.69. The minimum absolute atomic E-state index is 0.0263. The predicted molar refractivity (Wildman–Crippen MR) is 149 cm³/mol. The molecular formula is C29H28ClN7O2. The third-order valence-electron chi connectivity index (χ3n) is 7.45. The van der Waals surface area contributed by atoms with Gasteiger partial charge in [0.2, 0.25) is 0 Å². The Morgan fingerprint density at radius 2 is 2.10 bits per heavy atom. The van der Waals surface area contributed by atoms with E-state index in [1.165, 1.54) is 0 Å². The molecule has 1 unspecified atom stereocenters. The molecule has 6 rings (SSSR count). The van der Waals surface area contributed by atoms with Crippen molar-refractivity contribution in [3.63, 3.8) is 0 Å². The number of nitrogens with one attached hydrogen (secondary N) is 1. The molecule has 0 bridgehead atoms. The number of hydrogen-bond acceptors (Lipinski definition) is 6. The van der Waals surface area contributed by atoms with Gasteiger partial charge in [-0.3, -0.25) is 14.5 Å². The molecule has 4 aromatic rings. The van der Waals surface area contributed by atoms with Gasteiger partial charge in [-0.15, -0.1) is 0 Å². The summed E-state index contributed by atoms with van der Waals surface area (Å²) in [4.78, 5) is 22.3. The van der Waals surface area contributed by atoms with Gasteiger partial charge in [0.1, 0.15) is 11.9 Å². The lowest BCUT2D eigenvalue weighted by atomic mass is 9.90. The van der Waals surface area contributed by atoms with Gasteiger partial charge in [-0.2, -0.15) is 15.4 Å². The molecule has 1 aliphatic carbocycles. The van der Waals surface area contributed by atoms with E-state index >= 15 is 0 Å². The number of halogens is 1. The van der Waals surface area contributed by atoms with Crippen molar-refractivity contribution in [1.82, 2.24) is 24.6 Å². The van der Waals surface area contributed by atoms with Gasteiger partial charge in [0.05, 0.1) is 46.2 Å². The standard InChI is InChI=1S/C29H28ClN7O2/c1-36-15-18(14-31)12-24(36)27-25-26(22(11-17-3-4-17)29(39)34-28(25)33-8-2-10-38)35-37(27)16-19-7-9-32-23-6-5-20(30)13-21(19)23/h5-7,9,12-13,15,17,22,38H,2-4,8,10-11,16H2,1H3,(H,33,34,39). The summed E-state index contributed by atoms with van der Waals surface area (Å²) in [5.74, 6) is 0.350. The molecule has 2 N–H and O–H groups in total. The molecule has 3 aromatic heterocycles. The third kappa shape index (κ3) is 4.82. The van der Waals surface area contributed by atoms with Gasteiger partial charge in [-0.05, 0) is 54.7 Å². The Labute approximate surface area is 230 Å². The van der Waals surface area contributed by atoms with Crippen LogP contribution in [0.3, 0.4) is 0 Å². The van der Waals surface area contributed by atoms with Crippen molar-refractivity contribution in [3.05, 3.63) is 70.1 Å². The summed E-state index contributed by atoms with van der Waals surface area (Å²) in [6, 6.07) is 11.6. The first-order chi connectivity index (χ1) is 19.0. The normalized spacial score (nSPS) is 16.7. The quantitative estimate of drug-likeness (QED) is 0.323. The van der Waals surface area contributed by atoms with E-state index in [0.717, 1.165) is 52.7 Å². The van der Waals surface area contributed by atoms with Crippen LogP contribution in [0.4, 0.5) is 0 Å². The Morgan fingerprint density at radius 1 is 1.26 bits per heavy atom. The number of aliphatic hydroxyl groups excluding tert-OH is 1. The second kappa shape index (κ2) is 10.3. The first kappa shape index (κ1) is 25.3. The van der Waals surface area contributed by atoms with E-state index in [2.05, 4.69) is 21.4 Å². The monoisotopic (exact) mass is 541 g/mol. The number of amidine groups is 1. The van der Waals surface area contributed by atoms with Gasteiger partial charge >= 0.3 is 0 Å². The molecule has 10 heteroatoms. The van der Waals surface area contributed by atoms with Crippen molar-refractivity contribution in [3.8, 4) is 17.5 Å². The second-order valence-electron chi connectivity index (χ2n) is 10.3. The van der Waals surface area contributed by atoms with Crippen LogP contribution in [-0.4, -0.2) is 49.3 Å². The summed E-state index contributed by atoms with van der Waals surface area (Å²) >= 11 is 6.35. The average Bonchev–Trinajstić information content (AvgIpc) is 3.56. The zero-order chi connectivity index (χ0) is 27.1. The van der Waals surface area contributed by atoms with Crippen molar-refractivity contribution in [2.75, 3.05) is 13.2 Å². The highest BCUT2D eigenvalue weighted by Gasteiger charge is 2.40. The molecule has 0 radical (unpaired) electrons. The van der Waals surface area contributed by atoms with E-state index in [-0.39, 0.29) is 12.5 Å². The number of aryl methyl sites for hydroxylation is 1. The molecular weight excluding hydrogens is 514 g/mol. The minimum Gasteiger partial charge on any atom is -0.396 e. The fourth-order valence-corrected chi connectivity index (χ4v) is 5.51. The number of carbonyl (C=O) groups excluding carboxylic acids is 1. The molecule has 0 saturated heterocycles. The van der Waals surface area contributed by atoms with E-state index in [4.69, 9.17) is 16.7 Å². The molecule has 0 spiro atoms. The molecule has 1 fully saturated rings. The van der Waals surface area contributed by atoms with Crippen LogP contribution >= 0.6 is 11.6 Å². The van der Waals surface area contributed by atoms with E-state index < -0.39 is 5.92 Å². The number of nitriles is 1. The number of rotatable bonds is 8. The topological polar surface area (TPSA) is 121 Å². The number of nitrogens with zero attached hydrogens (tertiary/aromatic N) is 6. The Balaban J connectivity index is 1.56. The average molecular weight is 542 g/mol. The largest absolute Gasteiger partial charge is 0.396 e. The lowest BCUT2D eigenvalue weighted by Gasteiger charge is -2.21. The molecule has 198 valence electrons. The number of benzene rings is 1. The van der Waals surface area contributed by atoms with Crippen LogP contribution in [0.1, 0.15) is 54.0 Å². The van der Waals surface area contributed by atoms with Gasteiger partial charge in [-0.25, -0.2) is 0 Å². The first-order valence-electron chi connectivity index (χ1n) is 13.1. The highest BCUT2D eigenvalue weighted by molar-refractivity contribution is 6.31. The zero-order valence-corrected chi connectivity index (χ0v) is 22.3. The minimum atomic E-state index is -0.421. The Hall–Kier alpha value is -4.00. The molecule has 1 aliphatic heterocycles. The van der Waals surface area contributed by atoms with E-state index in [1.807, 2.05) is 46.6 Å². The molecule has 39 heavy (non-hydrogen) atoms. The second-order valence-corrected chi connectivity index (χ2v) is 10.7. The molecule has 1 saturated carbocycles. The molecule has 9 nitrogen and oxygen atoms in total. The maximum absolute atomic E-state index is 13.3. The van der Waals surface area contributed by atoms with Crippen molar-refractivity contribution < 1.29 is 9.90 Å². The number of aliphatic imine (C=N–C) groups is 1. The SMILES string of the molecule is Cn1cc(C#N)cc1-c1c2c(nn1Cc1ccnc3ccc(Cl)cc13)C(CC1CC1)C(=O)N=C2NCCCO. The van der Waals surface area contributed by atoms with Crippen LogP contribution in [-0.2, 0) is 18.4 Å². The summed E-state index contributed by atoms with van der Waals surface area (Å²) in [5.41, 5.74) is 5.41. The van der Waals surface area contributed by atoms with Gasteiger partial charge in [0, 0.05) is 43.0 Å². The summed E-state index contributed by atoms with van der Waals surface area (Å²) in [6.45, 7) is 0.894. The van der Waals surface area contributed by atoms with Crippen LogP contribution < -0.4 is 5.32 Å². The van der Waals surface area contributed by atoms with Gasteiger partial charge < -0.3 is 15.0 Å². The smallest absolute Gasteiger partial charge is 0.256 e. The van der Waals surface area contributed by atoms with Crippen molar-refractivity contribution in [2.45, 2.75) is 38.1 Å². The highest BCUT2D eigenvalue weighted by Crippen LogP contribution is 2.43. The van der Waals surface area contributed by atoms with Crippen molar-refractivity contribution in [1.29, 1.82) is 5.26 Å². The first-order valence-corrected chi connectivity index (χ1v) is 13.5. The summed E-state index contributed by atoms with van der Waals surface area (Å²) < 4.78 is 3.82. The predicted octanol–water partition coefficient (Wildman–Crippen LogP) is 4.15.